The molecule has 0 bridgehead atoms. The average molecular weight is 1240 g/mol. The summed E-state index contributed by atoms with van der Waals surface area (Å²) >= 11 is 0. The monoisotopic (exact) mass is 1240 g/mol. The molecule has 0 saturated heterocycles. The lowest BCUT2D eigenvalue weighted by Gasteiger charge is -2.22. The Morgan fingerprint density at radius 3 is 0.864 bits per heavy atom. The Bertz CT molecular complexity index is 1380. The van der Waals surface area contributed by atoms with Gasteiger partial charge in [0.2, 0.25) is 5.91 Å². The predicted octanol–water partition coefficient (Wildman–Crippen LogP) is 26.8. The number of amides is 1. The molecule has 0 fully saturated rings. The van der Waals surface area contributed by atoms with Gasteiger partial charge in [-0.15, -0.1) is 0 Å². The summed E-state index contributed by atoms with van der Waals surface area (Å²) < 4.78 is 5.51. The van der Waals surface area contributed by atoms with Crippen LogP contribution in [0.5, 0.6) is 0 Å². The number of aliphatic hydroxyl groups is 2. The highest BCUT2D eigenvalue weighted by atomic mass is 16.5. The largest absolute Gasteiger partial charge is 0.466 e. The fraction of sp³-hybridized carbons (Fsp3) is 0.927. The smallest absolute Gasteiger partial charge is 0.305 e. The minimum Gasteiger partial charge on any atom is -0.466 e. The summed E-state index contributed by atoms with van der Waals surface area (Å²) in [7, 11) is 0. The zero-order chi connectivity index (χ0) is 63.5. The molecule has 0 radical (unpaired) electrons. The summed E-state index contributed by atoms with van der Waals surface area (Å²) in [5.41, 5.74) is 0. The maximum atomic E-state index is 12.6. The molecule has 2 unspecified atom stereocenters. The third-order valence-electron chi connectivity index (χ3n) is 19.3. The highest BCUT2D eigenvalue weighted by molar-refractivity contribution is 5.76. The lowest BCUT2D eigenvalue weighted by Crippen LogP contribution is -2.45. The van der Waals surface area contributed by atoms with Gasteiger partial charge < -0.3 is 20.3 Å². The molecule has 88 heavy (non-hydrogen) atoms. The Morgan fingerprint density at radius 1 is 0.318 bits per heavy atom. The minimum absolute atomic E-state index is 0.0197. The van der Waals surface area contributed by atoms with Crippen LogP contribution in [-0.2, 0) is 14.3 Å². The SMILES string of the molecule is CCCCCCCCCCCCCCCCCCCCCCC(O)C(CO)NC(=O)CCCCCCCCCCCCCCCCCCC/C=C\C/C=C\CCCCCCCCCCCOC(=O)CCCCCCCCCCCCCCCCCCCC. The topological polar surface area (TPSA) is 95.9 Å². The van der Waals surface area contributed by atoms with E-state index in [0.29, 0.717) is 25.9 Å². The number of aliphatic hydroxyl groups excluding tert-OH is 2. The first-order valence-corrected chi connectivity index (χ1v) is 40.6. The Balaban J connectivity index is 3.36. The van der Waals surface area contributed by atoms with Crippen molar-refractivity contribution in [2.24, 2.45) is 0 Å². The number of hydrogen-bond acceptors (Lipinski definition) is 5. The van der Waals surface area contributed by atoms with Crippen molar-refractivity contribution in [1.29, 1.82) is 0 Å². The molecule has 1 amide bonds. The predicted molar refractivity (Wildman–Crippen MR) is 389 cm³/mol. The van der Waals surface area contributed by atoms with Crippen LogP contribution in [0.25, 0.3) is 0 Å². The van der Waals surface area contributed by atoms with Crippen molar-refractivity contribution in [3.8, 4) is 0 Å². The van der Waals surface area contributed by atoms with Crippen molar-refractivity contribution in [3.63, 3.8) is 0 Å². The van der Waals surface area contributed by atoms with Crippen molar-refractivity contribution in [3.05, 3.63) is 24.3 Å². The van der Waals surface area contributed by atoms with Crippen LogP contribution in [0.4, 0.5) is 0 Å². The van der Waals surface area contributed by atoms with Crippen LogP contribution >= 0.6 is 0 Å². The van der Waals surface area contributed by atoms with E-state index in [4.69, 9.17) is 4.74 Å². The van der Waals surface area contributed by atoms with Gasteiger partial charge >= 0.3 is 5.97 Å². The molecule has 6 heteroatoms. The summed E-state index contributed by atoms with van der Waals surface area (Å²) in [6.45, 7) is 5.01. The van der Waals surface area contributed by atoms with E-state index in [0.717, 1.165) is 44.9 Å². The average Bonchev–Trinajstić information content (AvgIpc) is 3.58. The molecule has 0 aliphatic rings. The lowest BCUT2D eigenvalue weighted by molar-refractivity contribution is -0.143. The molecule has 522 valence electrons. The summed E-state index contributed by atoms with van der Waals surface area (Å²) in [4.78, 5) is 24.7. The molecule has 0 aromatic heterocycles. The zero-order valence-corrected chi connectivity index (χ0v) is 60.0. The number of allylic oxidation sites excluding steroid dienone is 4. The summed E-state index contributed by atoms with van der Waals surface area (Å²) in [5, 5.41) is 23.4. The van der Waals surface area contributed by atoms with Gasteiger partial charge in [0.05, 0.1) is 25.4 Å². The van der Waals surface area contributed by atoms with Gasteiger partial charge in [-0.2, -0.15) is 0 Å². The van der Waals surface area contributed by atoms with Gasteiger partial charge in [0.15, 0.2) is 0 Å². The third-order valence-corrected chi connectivity index (χ3v) is 19.3. The van der Waals surface area contributed by atoms with E-state index in [1.54, 1.807) is 0 Å². The molecule has 3 N–H and O–H groups in total. The van der Waals surface area contributed by atoms with Crippen LogP contribution in [0.3, 0.4) is 0 Å². The van der Waals surface area contributed by atoms with Crippen molar-refractivity contribution < 1.29 is 24.5 Å². The van der Waals surface area contributed by atoms with E-state index in [9.17, 15) is 19.8 Å². The fourth-order valence-electron chi connectivity index (χ4n) is 13.1. The quantitative estimate of drug-likeness (QED) is 0.0320. The molecule has 0 aliphatic carbocycles. The molecule has 0 aromatic rings. The second-order valence-corrected chi connectivity index (χ2v) is 28.1. The van der Waals surface area contributed by atoms with E-state index in [1.165, 1.54) is 385 Å². The number of unbranched alkanes of at least 4 members (excludes halogenated alkanes) is 62. The highest BCUT2D eigenvalue weighted by Crippen LogP contribution is 2.20. The molecule has 0 heterocycles. The van der Waals surface area contributed by atoms with Crippen molar-refractivity contribution in [2.75, 3.05) is 13.2 Å². The molecule has 0 rings (SSSR count). The van der Waals surface area contributed by atoms with Crippen molar-refractivity contribution >= 4 is 11.9 Å². The van der Waals surface area contributed by atoms with Gasteiger partial charge in [-0.1, -0.05) is 417 Å². The highest BCUT2D eigenvalue weighted by Gasteiger charge is 2.20. The summed E-state index contributed by atoms with van der Waals surface area (Å²) in [6, 6.07) is -0.541. The first-order chi connectivity index (χ1) is 43.5. The van der Waals surface area contributed by atoms with Gasteiger partial charge in [-0.25, -0.2) is 0 Å². The number of carbonyl (C=O) groups is 2. The molecular formula is C82H159NO5. The van der Waals surface area contributed by atoms with Gasteiger partial charge in [0, 0.05) is 12.8 Å². The molecule has 0 spiro atoms. The Labute approximate surface area is 551 Å². The van der Waals surface area contributed by atoms with Gasteiger partial charge in [-0.05, 0) is 57.8 Å². The molecular weight excluding hydrogens is 1080 g/mol. The number of rotatable bonds is 77. The standard InChI is InChI=1S/C82H159NO5/c1-3-5-7-9-11-13-15-17-19-21-23-39-42-46-50-54-58-62-66-70-74-80(85)79(78-84)83-81(86)75-71-67-63-59-55-51-47-43-40-37-35-33-31-29-27-25-24-26-28-30-32-34-36-38-41-45-49-53-57-61-65-69-73-77-88-82(87)76-72-68-64-60-56-52-48-44-22-20-18-16-14-12-10-8-6-4-2/h28,30,34,36,79-80,84-85H,3-27,29,31-33,35,37-78H2,1-2H3,(H,83,86)/b30-28-,36-34-. The third kappa shape index (κ3) is 73.4. The van der Waals surface area contributed by atoms with Crippen LogP contribution < -0.4 is 5.32 Å². The van der Waals surface area contributed by atoms with Gasteiger partial charge in [0.1, 0.15) is 0 Å². The fourth-order valence-corrected chi connectivity index (χ4v) is 13.1. The Morgan fingerprint density at radius 2 is 0.568 bits per heavy atom. The van der Waals surface area contributed by atoms with Crippen molar-refractivity contribution in [2.45, 2.75) is 475 Å². The van der Waals surface area contributed by atoms with Gasteiger partial charge in [-0.3, -0.25) is 9.59 Å². The first kappa shape index (κ1) is 86.3. The zero-order valence-electron chi connectivity index (χ0n) is 60.0. The molecule has 2 atom stereocenters. The van der Waals surface area contributed by atoms with Crippen LogP contribution in [-0.4, -0.2) is 47.4 Å². The van der Waals surface area contributed by atoms with E-state index >= 15 is 0 Å². The van der Waals surface area contributed by atoms with Crippen molar-refractivity contribution in [1.82, 2.24) is 5.32 Å². The lowest BCUT2D eigenvalue weighted by atomic mass is 10.0. The first-order valence-electron chi connectivity index (χ1n) is 40.6. The van der Waals surface area contributed by atoms with Crippen LogP contribution in [0, 0.1) is 0 Å². The molecule has 0 saturated carbocycles. The maximum Gasteiger partial charge on any atom is 0.305 e. The van der Waals surface area contributed by atoms with Crippen LogP contribution in [0.15, 0.2) is 24.3 Å². The van der Waals surface area contributed by atoms with Crippen LogP contribution in [0.2, 0.25) is 0 Å². The second-order valence-electron chi connectivity index (χ2n) is 28.1. The number of nitrogens with one attached hydrogen (secondary N) is 1. The van der Waals surface area contributed by atoms with Gasteiger partial charge in [0.25, 0.3) is 0 Å². The minimum atomic E-state index is -0.664. The summed E-state index contributed by atoms with van der Waals surface area (Å²) in [5.74, 6) is -0.00821. The number of esters is 1. The van der Waals surface area contributed by atoms with E-state index in [2.05, 4.69) is 43.5 Å². The number of hydrogen-bond donors (Lipinski definition) is 3. The Kier molecular flexibility index (Phi) is 76.3. The van der Waals surface area contributed by atoms with E-state index < -0.39 is 12.1 Å². The second kappa shape index (κ2) is 77.8. The van der Waals surface area contributed by atoms with Crippen LogP contribution in [0.1, 0.15) is 463 Å². The summed E-state index contributed by atoms with van der Waals surface area (Å²) in [6.07, 6.45) is 99.9. The Hall–Kier alpha value is -1.66. The normalized spacial score (nSPS) is 12.5. The number of ether oxygens (including phenoxy) is 1. The van der Waals surface area contributed by atoms with E-state index in [1.807, 2.05) is 0 Å². The molecule has 0 aliphatic heterocycles. The molecule has 6 nitrogen and oxygen atoms in total. The maximum absolute atomic E-state index is 12.6. The van der Waals surface area contributed by atoms with E-state index in [-0.39, 0.29) is 18.5 Å². The molecule has 0 aromatic carbocycles. The number of carbonyl (C=O) groups excluding carboxylic acids is 2.